The summed E-state index contributed by atoms with van der Waals surface area (Å²) in [5.41, 5.74) is 0.903. The third kappa shape index (κ3) is 3.14. The zero-order chi connectivity index (χ0) is 15.4. The molecule has 0 bridgehead atoms. The highest BCUT2D eigenvalue weighted by molar-refractivity contribution is 6.43. The van der Waals surface area contributed by atoms with E-state index >= 15 is 0 Å². The Hall–Kier alpha value is -3.09. The van der Waals surface area contributed by atoms with Crippen LogP contribution in [-0.2, 0) is 9.59 Å². The Balaban J connectivity index is 1.65. The van der Waals surface area contributed by atoms with Crippen LogP contribution in [0.4, 0.5) is 11.4 Å². The summed E-state index contributed by atoms with van der Waals surface area (Å²) in [7, 11) is 0. The quantitative estimate of drug-likeness (QED) is 0.819. The number of hydrogen-bond donors (Lipinski definition) is 2. The maximum Gasteiger partial charge on any atom is 0.314 e. The van der Waals surface area contributed by atoms with Crippen molar-refractivity contribution in [1.29, 1.82) is 0 Å². The Kier molecular flexibility index (Phi) is 3.86. The van der Waals surface area contributed by atoms with Crippen molar-refractivity contribution >= 4 is 23.2 Å². The van der Waals surface area contributed by atoms with Gasteiger partial charge in [-0.2, -0.15) is 0 Å². The Morgan fingerprint density at radius 3 is 2.41 bits per heavy atom. The molecule has 2 aromatic rings. The summed E-state index contributed by atoms with van der Waals surface area (Å²) >= 11 is 0. The van der Waals surface area contributed by atoms with E-state index in [1.807, 2.05) is 0 Å². The Bertz CT molecular complexity index is 703. The van der Waals surface area contributed by atoms with Gasteiger partial charge in [0.25, 0.3) is 0 Å². The molecule has 1 aliphatic heterocycles. The first-order chi connectivity index (χ1) is 10.7. The molecule has 2 heterocycles. The maximum absolute atomic E-state index is 11.9. The van der Waals surface area contributed by atoms with Gasteiger partial charge < -0.3 is 20.1 Å². The number of benzene rings is 1. The molecule has 1 aromatic heterocycles. The van der Waals surface area contributed by atoms with Crippen LogP contribution in [0.1, 0.15) is 0 Å². The smallest absolute Gasteiger partial charge is 0.314 e. The monoisotopic (exact) mass is 299 g/mol. The van der Waals surface area contributed by atoms with Crippen molar-refractivity contribution in [3.63, 3.8) is 0 Å². The molecule has 0 spiro atoms. The number of rotatable bonds is 2. The average molecular weight is 299 g/mol. The van der Waals surface area contributed by atoms with Crippen molar-refractivity contribution in [2.45, 2.75) is 0 Å². The normalized spacial score (nSPS) is 12.4. The number of ether oxygens (including phenoxy) is 2. The van der Waals surface area contributed by atoms with Crippen LogP contribution in [-0.4, -0.2) is 30.0 Å². The molecule has 1 aliphatic rings. The van der Waals surface area contributed by atoms with Gasteiger partial charge in [-0.15, -0.1) is 0 Å². The lowest BCUT2D eigenvalue weighted by molar-refractivity contribution is -0.133. The molecule has 0 atom stereocenters. The molecule has 1 aromatic carbocycles. The highest BCUT2D eigenvalue weighted by Gasteiger charge is 2.16. The summed E-state index contributed by atoms with van der Waals surface area (Å²) < 4.78 is 10.8. The van der Waals surface area contributed by atoms with Crippen LogP contribution in [0.25, 0.3) is 0 Å². The summed E-state index contributed by atoms with van der Waals surface area (Å²) in [5, 5.41) is 4.96. The number of nitrogens with zero attached hydrogens (tertiary/aromatic N) is 1. The molecule has 0 unspecified atom stereocenters. The number of hydrogen-bond acceptors (Lipinski definition) is 5. The van der Waals surface area contributed by atoms with Crippen LogP contribution in [0, 0.1) is 0 Å². The average Bonchev–Trinajstić information content (AvgIpc) is 2.55. The standard InChI is InChI=1S/C15H13N3O4/c19-14(15(20)18-11-2-1-5-16-9-11)17-10-3-4-12-13(8-10)22-7-6-21-12/h1-5,8-9H,6-7H2,(H,17,19)(H,18,20). The van der Waals surface area contributed by atoms with Crippen LogP contribution >= 0.6 is 0 Å². The number of carbonyl (C=O) groups is 2. The predicted octanol–water partition coefficient (Wildman–Crippen LogP) is 1.43. The number of carbonyl (C=O) groups excluding carboxylic acids is 2. The first-order valence-corrected chi connectivity index (χ1v) is 6.64. The number of amides is 2. The van der Waals surface area contributed by atoms with Gasteiger partial charge >= 0.3 is 11.8 Å². The minimum Gasteiger partial charge on any atom is -0.486 e. The zero-order valence-electron chi connectivity index (χ0n) is 11.5. The highest BCUT2D eigenvalue weighted by Crippen LogP contribution is 2.32. The van der Waals surface area contributed by atoms with Gasteiger partial charge in [0.2, 0.25) is 0 Å². The van der Waals surface area contributed by atoms with Crippen molar-refractivity contribution in [2.75, 3.05) is 23.8 Å². The molecule has 0 aliphatic carbocycles. The van der Waals surface area contributed by atoms with Crippen LogP contribution in [0.15, 0.2) is 42.7 Å². The molecule has 7 nitrogen and oxygen atoms in total. The van der Waals surface area contributed by atoms with Gasteiger partial charge in [0, 0.05) is 18.0 Å². The fraction of sp³-hybridized carbons (Fsp3) is 0.133. The van der Waals surface area contributed by atoms with E-state index in [1.165, 1.54) is 6.20 Å². The minimum atomic E-state index is -0.777. The van der Waals surface area contributed by atoms with Crippen molar-refractivity contribution in [3.05, 3.63) is 42.7 Å². The van der Waals surface area contributed by atoms with Crippen molar-refractivity contribution in [3.8, 4) is 11.5 Å². The lowest BCUT2D eigenvalue weighted by Gasteiger charge is -2.18. The van der Waals surface area contributed by atoms with Crippen LogP contribution < -0.4 is 20.1 Å². The van der Waals surface area contributed by atoms with Crippen LogP contribution in [0.2, 0.25) is 0 Å². The fourth-order valence-corrected chi connectivity index (χ4v) is 1.93. The van der Waals surface area contributed by atoms with Gasteiger partial charge in [-0.1, -0.05) is 0 Å². The van der Waals surface area contributed by atoms with Gasteiger partial charge in [0.1, 0.15) is 13.2 Å². The molecule has 112 valence electrons. The van der Waals surface area contributed by atoms with E-state index in [-0.39, 0.29) is 0 Å². The number of pyridine rings is 1. The number of fused-ring (bicyclic) bond motifs is 1. The van der Waals surface area contributed by atoms with E-state index in [1.54, 1.807) is 36.5 Å². The van der Waals surface area contributed by atoms with Gasteiger partial charge in [0.05, 0.1) is 11.9 Å². The minimum absolute atomic E-state index is 0.449. The topological polar surface area (TPSA) is 89.6 Å². The van der Waals surface area contributed by atoms with E-state index in [0.29, 0.717) is 36.1 Å². The van der Waals surface area contributed by atoms with Crippen LogP contribution in [0.5, 0.6) is 11.5 Å². The molecule has 2 amide bonds. The van der Waals surface area contributed by atoms with Gasteiger partial charge in [0.15, 0.2) is 11.5 Å². The van der Waals surface area contributed by atoms with Gasteiger partial charge in [-0.3, -0.25) is 14.6 Å². The third-order valence-corrected chi connectivity index (χ3v) is 2.93. The predicted molar refractivity (Wildman–Crippen MR) is 78.9 cm³/mol. The first-order valence-electron chi connectivity index (χ1n) is 6.64. The van der Waals surface area contributed by atoms with Crippen molar-refractivity contribution < 1.29 is 19.1 Å². The molecule has 0 saturated carbocycles. The second-order valence-electron chi connectivity index (χ2n) is 4.51. The van der Waals surface area contributed by atoms with E-state index in [9.17, 15) is 9.59 Å². The summed E-state index contributed by atoms with van der Waals surface area (Å²) in [6.45, 7) is 0.943. The van der Waals surface area contributed by atoms with E-state index in [2.05, 4.69) is 15.6 Å². The summed E-state index contributed by atoms with van der Waals surface area (Å²) in [6.07, 6.45) is 3.03. The zero-order valence-corrected chi connectivity index (χ0v) is 11.5. The lowest BCUT2D eigenvalue weighted by Crippen LogP contribution is -2.29. The summed E-state index contributed by atoms with van der Waals surface area (Å²) in [6, 6.07) is 8.24. The SMILES string of the molecule is O=C(Nc1cccnc1)C(=O)Nc1ccc2c(c1)OCCO2. The molecule has 0 saturated heterocycles. The van der Waals surface area contributed by atoms with Gasteiger partial charge in [-0.05, 0) is 24.3 Å². The van der Waals surface area contributed by atoms with Crippen molar-refractivity contribution in [1.82, 2.24) is 4.98 Å². The molecule has 2 N–H and O–H groups in total. The van der Waals surface area contributed by atoms with Crippen LogP contribution in [0.3, 0.4) is 0 Å². The summed E-state index contributed by atoms with van der Waals surface area (Å²) in [4.78, 5) is 27.5. The second-order valence-corrected chi connectivity index (χ2v) is 4.51. The fourth-order valence-electron chi connectivity index (χ4n) is 1.93. The van der Waals surface area contributed by atoms with Crippen molar-refractivity contribution in [2.24, 2.45) is 0 Å². The second kappa shape index (κ2) is 6.13. The molecule has 22 heavy (non-hydrogen) atoms. The molecule has 0 fully saturated rings. The Morgan fingerprint density at radius 2 is 1.68 bits per heavy atom. The summed E-state index contributed by atoms with van der Waals surface area (Å²) in [5.74, 6) is -0.399. The Morgan fingerprint density at radius 1 is 0.955 bits per heavy atom. The van der Waals surface area contributed by atoms with Gasteiger partial charge in [-0.25, -0.2) is 0 Å². The Labute approximate surface area is 126 Å². The first kappa shape index (κ1) is 13.9. The third-order valence-electron chi connectivity index (χ3n) is 2.93. The number of anilines is 2. The molecule has 7 heteroatoms. The highest BCUT2D eigenvalue weighted by atomic mass is 16.6. The number of aromatic nitrogens is 1. The number of nitrogens with one attached hydrogen (secondary N) is 2. The molecular weight excluding hydrogens is 286 g/mol. The van der Waals surface area contributed by atoms with E-state index in [4.69, 9.17) is 9.47 Å². The van der Waals surface area contributed by atoms with E-state index < -0.39 is 11.8 Å². The lowest BCUT2D eigenvalue weighted by atomic mass is 10.2. The maximum atomic E-state index is 11.9. The van der Waals surface area contributed by atoms with E-state index in [0.717, 1.165) is 0 Å². The molecule has 0 radical (unpaired) electrons. The molecular formula is C15H13N3O4. The molecule has 3 rings (SSSR count). The largest absolute Gasteiger partial charge is 0.486 e.